The Balaban J connectivity index is 1.42. The summed E-state index contributed by atoms with van der Waals surface area (Å²) in [6.45, 7) is 7.28. The Labute approximate surface area is 306 Å². The number of methoxy groups -OCH3 is 4. The number of ketones is 1. The zero-order chi connectivity index (χ0) is 36.8. The van der Waals surface area contributed by atoms with Crippen molar-refractivity contribution in [3.05, 3.63) is 101 Å². The lowest BCUT2D eigenvalue weighted by Crippen LogP contribution is -2.51. The molecular formula is C42H48N2O8. The van der Waals surface area contributed by atoms with E-state index in [9.17, 15) is 4.79 Å². The van der Waals surface area contributed by atoms with Crippen LogP contribution in [0.2, 0.25) is 0 Å². The number of hydrogen-bond acceptors (Lipinski definition) is 9. The standard InChI is InChI=1S/C42H48N2O8/c1-7-51-29-13-11-12-27(22-29)34(45)24-31-30-25-38(49-5)39(50-6)26-32(30)40(28-16-17-36(47-3)37(23-28)48-4)41(31)42(46)44-20-18-43(19-21-44)33-14-9-10-15-35(33)52-8-2/h9-17,22-23,25-26,31,40-41H,7-8,18-21,24H2,1-6H3. The van der Waals surface area contributed by atoms with Crippen LogP contribution in [0.5, 0.6) is 34.5 Å². The summed E-state index contributed by atoms with van der Waals surface area (Å²) in [5.74, 6) is 2.14. The first kappa shape index (κ1) is 36.4. The van der Waals surface area contributed by atoms with E-state index in [0.717, 1.165) is 28.1 Å². The van der Waals surface area contributed by atoms with Crippen LogP contribution in [0.4, 0.5) is 5.69 Å². The van der Waals surface area contributed by atoms with E-state index in [1.807, 2.05) is 79.4 Å². The number of para-hydroxylation sites is 2. The summed E-state index contributed by atoms with van der Waals surface area (Å²) in [6.07, 6.45) is 0.111. The predicted molar refractivity (Wildman–Crippen MR) is 200 cm³/mol. The van der Waals surface area contributed by atoms with Crippen LogP contribution >= 0.6 is 0 Å². The molecule has 2 aliphatic rings. The van der Waals surface area contributed by atoms with E-state index in [2.05, 4.69) is 11.0 Å². The molecule has 3 atom stereocenters. The summed E-state index contributed by atoms with van der Waals surface area (Å²) in [4.78, 5) is 33.6. The van der Waals surface area contributed by atoms with Gasteiger partial charge in [0.15, 0.2) is 28.8 Å². The maximum atomic E-state index is 15.2. The van der Waals surface area contributed by atoms with E-state index in [0.29, 0.717) is 73.7 Å². The molecule has 0 bridgehead atoms. The number of carbonyl (C=O) groups excluding carboxylic acids is 2. The smallest absolute Gasteiger partial charge is 0.227 e. The number of fused-ring (bicyclic) bond motifs is 1. The van der Waals surface area contributed by atoms with Crippen LogP contribution in [0.25, 0.3) is 0 Å². The van der Waals surface area contributed by atoms with Crippen molar-refractivity contribution in [1.82, 2.24) is 4.90 Å². The molecule has 52 heavy (non-hydrogen) atoms. The second kappa shape index (κ2) is 16.3. The van der Waals surface area contributed by atoms with Crippen molar-refractivity contribution in [2.24, 2.45) is 5.92 Å². The minimum Gasteiger partial charge on any atom is -0.494 e. The van der Waals surface area contributed by atoms with Gasteiger partial charge in [0, 0.05) is 50.0 Å². The van der Waals surface area contributed by atoms with Gasteiger partial charge in [-0.15, -0.1) is 0 Å². The van der Waals surface area contributed by atoms with Crippen molar-refractivity contribution in [3.8, 4) is 34.5 Å². The number of amides is 1. The van der Waals surface area contributed by atoms with Crippen molar-refractivity contribution in [3.63, 3.8) is 0 Å². The van der Waals surface area contributed by atoms with Gasteiger partial charge >= 0.3 is 0 Å². The molecule has 0 saturated carbocycles. The van der Waals surface area contributed by atoms with Crippen molar-refractivity contribution >= 4 is 17.4 Å². The van der Waals surface area contributed by atoms with E-state index in [1.54, 1.807) is 40.6 Å². The number of benzene rings is 4. The molecule has 4 aromatic rings. The van der Waals surface area contributed by atoms with Gasteiger partial charge in [-0.05, 0) is 79.1 Å². The van der Waals surface area contributed by atoms with E-state index in [1.165, 1.54) is 0 Å². The molecule has 1 saturated heterocycles. The molecule has 10 nitrogen and oxygen atoms in total. The largest absolute Gasteiger partial charge is 0.494 e. The summed E-state index contributed by atoms with van der Waals surface area (Å²) in [5.41, 5.74) is 4.23. The molecule has 3 unspecified atom stereocenters. The quantitative estimate of drug-likeness (QED) is 0.129. The lowest BCUT2D eigenvalue weighted by atomic mass is 9.79. The van der Waals surface area contributed by atoms with Crippen LogP contribution in [0.3, 0.4) is 0 Å². The van der Waals surface area contributed by atoms with Gasteiger partial charge < -0.3 is 38.2 Å². The SMILES string of the molecule is CCOc1cccc(C(=O)CC2c3cc(OC)c(OC)cc3C(c3ccc(OC)c(OC)c3)C2C(=O)N2CCN(c3ccccc3OCC)CC2)c1. The molecule has 1 heterocycles. The molecule has 0 N–H and O–H groups in total. The fraction of sp³-hybridized carbons (Fsp3) is 0.381. The lowest BCUT2D eigenvalue weighted by Gasteiger charge is -2.39. The number of anilines is 1. The van der Waals surface area contributed by atoms with Crippen LogP contribution in [0, 0.1) is 5.92 Å². The van der Waals surface area contributed by atoms with Crippen molar-refractivity contribution in [2.45, 2.75) is 32.1 Å². The predicted octanol–water partition coefficient (Wildman–Crippen LogP) is 6.99. The number of rotatable bonds is 14. The highest BCUT2D eigenvalue weighted by Gasteiger charge is 2.49. The average molecular weight is 709 g/mol. The number of hydrogen-bond donors (Lipinski definition) is 0. The number of nitrogens with zero attached hydrogens (tertiary/aromatic N) is 2. The molecule has 1 aliphatic heterocycles. The Morgan fingerprint density at radius 1 is 0.654 bits per heavy atom. The third kappa shape index (κ3) is 7.20. The maximum absolute atomic E-state index is 15.2. The van der Waals surface area contributed by atoms with Gasteiger partial charge in [-0.2, -0.15) is 0 Å². The number of Topliss-reactive ketones (excluding diaryl/α,β-unsaturated/α-hetero) is 1. The summed E-state index contributed by atoms with van der Waals surface area (Å²) in [7, 11) is 6.39. The van der Waals surface area contributed by atoms with Crippen molar-refractivity contribution in [1.29, 1.82) is 0 Å². The Morgan fingerprint density at radius 2 is 1.31 bits per heavy atom. The number of carbonyl (C=O) groups is 2. The highest BCUT2D eigenvalue weighted by molar-refractivity contribution is 5.98. The second-order valence-corrected chi connectivity index (χ2v) is 12.9. The molecule has 0 aromatic heterocycles. The van der Waals surface area contributed by atoms with Gasteiger partial charge in [0.2, 0.25) is 5.91 Å². The minimum absolute atomic E-state index is 0.00692. The normalized spacial score (nSPS) is 18.0. The zero-order valence-corrected chi connectivity index (χ0v) is 30.8. The van der Waals surface area contributed by atoms with Crippen LogP contribution < -0.4 is 33.3 Å². The van der Waals surface area contributed by atoms with Crippen LogP contribution in [0.15, 0.2) is 78.9 Å². The fourth-order valence-electron chi connectivity index (χ4n) is 7.72. The highest BCUT2D eigenvalue weighted by Crippen LogP contribution is 2.55. The maximum Gasteiger partial charge on any atom is 0.227 e. The van der Waals surface area contributed by atoms with Gasteiger partial charge in [-0.3, -0.25) is 9.59 Å². The zero-order valence-electron chi connectivity index (χ0n) is 30.8. The first-order valence-corrected chi connectivity index (χ1v) is 17.8. The van der Waals surface area contributed by atoms with E-state index in [4.69, 9.17) is 28.4 Å². The Kier molecular flexibility index (Phi) is 11.4. The van der Waals surface area contributed by atoms with Gasteiger partial charge in [0.25, 0.3) is 0 Å². The number of ether oxygens (including phenoxy) is 6. The van der Waals surface area contributed by atoms with Gasteiger partial charge in [0.1, 0.15) is 11.5 Å². The monoisotopic (exact) mass is 708 g/mol. The Morgan fingerprint density at radius 3 is 1.98 bits per heavy atom. The van der Waals surface area contributed by atoms with Gasteiger partial charge in [-0.25, -0.2) is 0 Å². The number of piperazine rings is 1. The summed E-state index contributed by atoms with van der Waals surface area (Å²) >= 11 is 0. The third-order valence-corrected chi connectivity index (χ3v) is 10.1. The Hall–Kier alpha value is -5.38. The summed E-state index contributed by atoms with van der Waals surface area (Å²) in [6, 6.07) is 24.9. The lowest BCUT2D eigenvalue weighted by molar-refractivity contribution is -0.136. The molecule has 10 heteroatoms. The van der Waals surface area contributed by atoms with E-state index in [-0.39, 0.29) is 18.1 Å². The van der Waals surface area contributed by atoms with Crippen molar-refractivity contribution in [2.75, 3.05) is 72.7 Å². The van der Waals surface area contributed by atoms with E-state index >= 15 is 4.79 Å². The van der Waals surface area contributed by atoms with E-state index < -0.39 is 17.8 Å². The highest BCUT2D eigenvalue weighted by atomic mass is 16.5. The molecule has 274 valence electrons. The molecule has 4 aromatic carbocycles. The van der Waals surface area contributed by atoms with Gasteiger partial charge in [-0.1, -0.05) is 30.3 Å². The molecule has 1 amide bonds. The second-order valence-electron chi connectivity index (χ2n) is 12.9. The summed E-state index contributed by atoms with van der Waals surface area (Å²) in [5, 5.41) is 0. The van der Waals surface area contributed by atoms with Crippen LogP contribution in [0.1, 0.15) is 59.2 Å². The molecule has 1 aliphatic carbocycles. The topological polar surface area (TPSA) is 96.0 Å². The average Bonchev–Trinajstić information content (AvgIpc) is 3.49. The summed E-state index contributed by atoms with van der Waals surface area (Å²) < 4.78 is 34.5. The van der Waals surface area contributed by atoms with Gasteiger partial charge in [0.05, 0.1) is 53.3 Å². The van der Waals surface area contributed by atoms with Crippen LogP contribution in [-0.2, 0) is 4.79 Å². The molecular weight excluding hydrogens is 660 g/mol. The molecule has 0 spiro atoms. The third-order valence-electron chi connectivity index (χ3n) is 10.1. The van der Waals surface area contributed by atoms with Crippen molar-refractivity contribution < 1.29 is 38.0 Å². The van der Waals surface area contributed by atoms with Crippen LogP contribution in [-0.4, -0.2) is 84.4 Å². The molecule has 1 fully saturated rings. The first-order valence-electron chi connectivity index (χ1n) is 17.8. The fourth-order valence-corrected chi connectivity index (χ4v) is 7.72. The minimum atomic E-state index is -0.605. The Bertz CT molecular complexity index is 1890. The molecule has 0 radical (unpaired) electrons. The first-order chi connectivity index (χ1) is 25.3. The molecule has 6 rings (SSSR count).